The second-order valence-electron chi connectivity index (χ2n) is 4.63. The van der Waals surface area contributed by atoms with E-state index in [9.17, 15) is 4.79 Å². The minimum absolute atomic E-state index is 0.211. The predicted molar refractivity (Wildman–Crippen MR) is 82.2 cm³/mol. The molecule has 0 aliphatic heterocycles. The highest BCUT2D eigenvalue weighted by molar-refractivity contribution is 6.03. The van der Waals surface area contributed by atoms with Crippen LogP contribution in [0.25, 0.3) is 6.08 Å². The van der Waals surface area contributed by atoms with Crippen LogP contribution in [0.4, 0.5) is 11.4 Å². The van der Waals surface area contributed by atoms with Gasteiger partial charge in [-0.1, -0.05) is 0 Å². The number of nitrogens with zero attached hydrogens (tertiary/aromatic N) is 1. The number of aryl methyl sites for hydroxylation is 2. The highest BCUT2D eigenvalue weighted by Crippen LogP contribution is 2.22. The van der Waals surface area contributed by atoms with Crippen molar-refractivity contribution in [3.05, 3.63) is 59.4 Å². The molecule has 2 rings (SSSR count). The maximum Gasteiger partial charge on any atom is 0.248 e. The Bertz CT molecular complexity index is 648. The molecule has 0 bridgehead atoms. The number of anilines is 2. The molecule has 0 unspecified atom stereocenters. The van der Waals surface area contributed by atoms with Crippen LogP contribution in [0.2, 0.25) is 0 Å². The van der Waals surface area contributed by atoms with Crippen molar-refractivity contribution < 1.29 is 4.79 Å². The third kappa shape index (κ3) is 3.45. The highest BCUT2D eigenvalue weighted by atomic mass is 16.1. The molecule has 1 heterocycles. The molecule has 1 amide bonds. The molecule has 0 radical (unpaired) electrons. The van der Waals surface area contributed by atoms with Crippen molar-refractivity contribution in [2.45, 2.75) is 13.8 Å². The number of nitrogens with one attached hydrogen (secondary N) is 1. The van der Waals surface area contributed by atoms with Gasteiger partial charge in [-0.3, -0.25) is 9.78 Å². The van der Waals surface area contributed by atoms with E-state index in [-0.39, 0.29) is 5.91 Å². The molecule has 1 aromatic heterocycles. The standard InChI is InChI=1S/C16H17N3O/c1-11-9-14(17)15(10-12(11)2)19-16(20)4-3-13-5-7-18-8-6-13/h3-10H,17H2,1-2H3,(H,19,20)/b4-3+. The number of benzene rings is 1. The van der Waals surface area contributed by atoms with Crippen molar-refractivity contribution in [3.8, 4) is 0 Å². The number of pyridine rings is 1. The van der Waals surface area contributed by atoms with Crippen LogP contribution in [0.1, 0.15) is 16.7 Å². The predicted octanol–water partition coefficient (Wildman–Crippen LogP) is 2.93. The van der Waals surface area contributed by atoms with Gasteiger partial charge in [0.25, 0.3) is 0 Å². The number of nitrogens with two attached hydrogens (primary N) is 1. The van der Waals surface area contributed by atoms with E-state index in [1.54, 1.807) is 18.5 Å². The summed E-state index contributed by atoms with van der Waals surface area (Å²) in [7, 11) is 0. The topological polar surface area (TPSA) is 68.0 Å². The smallest absolute Gasteiger partial charge is 0.248 e. The van der Waals surface area contributed by atoms with E-state index >= 15 is 0 Å². The average molecular weight is 267 g/mol. The van der Waals surface area contributed by atoms with E-state index in [2.05, 4.69) is 10.3 Å². The van der Waals surface area contributed by atoms with Crippen LogP contribution in [-0.4, -0.2) is 10.9 Å². The zero-order chi connectivity index (χ0) is 14.5. The lowest BCUT2D eigenvalue weighted by atomic mass is 10.1. The van der Waals surface area contributed by atoms with E-state index < -0.39 is 0 Å². The maximum absolute atomic E-state index is 11.9. The van der Waals surface area contributed by atoms with Gasteiger partial charge in [-0.2, -0.15) is 0 Å². The monoisotopic (exact) mass is 267 g/mol. The van der Waals surface area contributed by atoms with Crippen LogP contribution < -0.4 is 11.1 Å². The summed E-state index contributed by atoms with van der Waals surface area (Å²) in [6.07, 6.45) is 6.57. The summed E-state index contributed by atoms with van der Waals surface area (Å²) in [5, 5.41) is 2.78. The molecule has 0 fully saturated rings. The van der Waals surface area contributed by atoms with Crippen molar-refractivity contribution in [2.24, 2.45) is 0 Å². The Labute approximate surface area is 118 Å². The maximum atomic E-state index is 11.9. The van der Waals surface area contributed by atoms with Crippen LogP contribution in [0.15, 0.2) is 42.7 Å². The number of aromatic nitrogens is 1. The Morgan fingerprint density at radius 2 is 1.85 bits per heavy atom. The molecular weight excluding hydrogens is 250 g/mol. The number of rotatable bonds is 3. The lowest BCUT2D eigenvalue weighted by Gasteiger charge is -2.09. The molecule has 0 spiro atoms. The zero-order valence-electron chi connectivity index (χ0n) is 11.6. The SMILES string of the molecule is Cc1cc(N)c(NC(=O)/C=C/c2ccncc2)cc1C. The van der Waals surface area contributed by atoms with Gasteiger partial charge in [-0.15, -0.1) is 0 Å². The lowest BCUT2D eigenvalue weighted by molar-refractivity contribution is -0.111. The minimum atomic E-state index is -0.211. The third-order valence-corrected chi connectivity index (χ3v) is 3.06. The molecule has 20 heavy (non-hydrogen) atoms. The van der Waals surface area contributed by atoms with Gasteiger partial charge in [0.1, 0.15) is 0 Å². The van der Waals surface area contributed by atoms with Crippen molar-refractivity contribution in [3.63, 3.8) is 0 Å². The van der Waals surface area contributed by atoms with Crippen LogP contribution in [0.3, 0.4) is 0 Å². The quantitative estimate of drug-likeness (QED) is 0.663. The van der Waals surface area contributed by atoms with Crippen LogP contribution in [0, 0.1) is 13.8 Å². The normalized spacial score (nSPS) is 10.7. The average Bonchev–Trinajstić information content (AvgIpc) is 2.44. The van der Waals surface area contributed by atoms with E-state index in [0.29, 0.717) is 11.4 Å². The summed E-state index contributed by atoms with van der Waals surface area (Å²) in [6.45, 7) is 3.97. The van der Waals surface area contributed by atoms with E-state index in [1.165, 1.54) is 6.08 Å². The summed E-state index contributed by atoms with van der Waals surface area (Å²) >= 11 is 0. The Hall–Kier alpha value is -2.62. The molecule has 1 aromatic carbocycles. The van der Waals surface area contributed by atoms with E-state index in [0.717, 1.165) is 16.7 Å². The van der Waals surface area contributed by atoms with E-state index in [1.807, 2.05) is 38.1 Å². The first-order valence-electron chi connectivity index (χ1n) is 6.32. The lowest BCUT2D eigenvalue weighted by Crippen LogP contribution is -2.10. The van der Waals surface area contributed by atoms with Crippen molar-refractivity contribution >= 4 is 23.4 Å². The van der Waals surface area contributed by atoms with Gasteiger partial charge < -0.3 is 11.1 Å². The minimum Gasteiger partial charge on any atom is -0.397 e. The molecule has 0 saturated carbocycles. The van der Waals surface area contributed by atoms with Gasteiger partial charge in [0.2, 0.25) is 5.91 Å². The first kappa shape index (κ1) is 13.8. The van der Waals surface area contributed by atoms with Gasteiger partial charge >= 0.3 is 0 Å². The summed E-state index contributed by atoms with van der Waals surface area (Å²) in [5.41, 5.74) is 10.2. The molecule has 102 valence electrons. The van der Waals surface area contributed by atoms with Crippen molar-refractivity contribution in [2.75, 3.05) is 11.1 Å². The number of hydrogen-bond acceptors (Lipinski definition) is 3. The van der Waals surface area contributed by atoms with Gasteiger partial charge in [-0.25, -0.2) is 0 Å². The zero-order valence-corrected chi connectivity index (χ0v) is 11.6. The summed E-state index contributed by atoms with van der Waals surface area (Å²) in [6, 6.07) is 7.39. The molecule has 2 aromatic rings. The Morgan fingerprint density at radius 3 is 2.55 bits per heavy atom. The largest absolute Gasteiger partial charge is 0.397 e. The molecule has 3 N–H and O–H groups in total. The second-order valence-corrected chi connectivity index (χ2v) is 4.63. The van der Waals surface area contributed by atoms with Gasteiger partial charge in [-0.05, 0) is 60.9 Å². The van der Waals surface area contributed by atoms with Crippen molar-refractivity contribution in [1.29, 1.82) is 0 Å². The fraction of sp³-hybridized carbons (Fsp3) is 0.125. The van der Waals surface area contributed by atoms with Crippen molar-refractivity contribution in [1.82, 2.24) is 4.98 Å². The third-order valence-electron chi connectivity index (χ3n) is 3.06. The summed E-state index contributed by atoms with van der Waals surface area (Å²) in [5.74, 6) is -0.211. The fourth-order valence-corrected chi connectivity index (χ4v) is 1.77. The molecule has 4 nitrogen and oxygen atoms in total. The molecular formula is C16H17N3O. The first-order valence-corrected chi connectivity index (χ1v) is 6.32. The van der Waals surface area contributed by atoms with Gasteiger partial charge in [0, 0.05) is 18.5 Å². The number of carbonyl (C=O) groups excluding carboxylic acids is 1. The molecule has 0 aliphatic rings. The van der Waals surface area contributed by atoms with Crippen LogP contribution in [0.5, 0.6) is 0 Å². The van der Waals surface area contributed by atoms with E-state index in [4.69, 9.17) is 5.73 Å². The number of hydrogen-bond donors (Lipinski definition) is 2. The highest BCUT2D eigenvalue weighted by Gasteiger charge is 2.04. The Morgan fingerprint density at radius 1 is 1.20 bits per heavy atom. The van der Waals surface area contributed by atoms with Crippen LogP contribution >= 0.6 is 0 Å². The number of carbonyl (C=O) groups is 1. The first-order chi connectivity index (χ1) is 9.56. The summed E-state index contributed by atoms with van der Waals surface area (Å²) < 4.78 is 0. The number of nitrogen functional groups attached to an aromatic ring is 1. The molecule has 0 aliphatic carbocycles. The second kappa shape index (κ2) is 6.02. The van der Waals surface area contributed by atoms with Gasteiger partial charge in [0.15, 0.2) is 0 Å². The van der Waals surface area contributed by atoms with Gasteiger partial charge in [0.05, 0.1) is 11.4 Å². The Kier molecular flexibility index (Phi) is 4.15. The molecule has 4 heteroatoms. The Balaban J connectivity index is 2.09. The molecule has 0 saturated heterocycles. The molecule has 0 atom stereocenters. The fourth-order valence-electron chi connectivity index (χ4n) is 1.77. The van der Waals surface area contributed by atoms with Crippen LogP contribution in [-0.2, 0) is 4.79 Å². The summed E-state index contributed by atoms with van der Waals surface area (Å²) in [4.78, 5) is 15.8. The number of amides is 1.